The normalized spacial score (nSPS) is 11.9. The Morgan fingerprint density at radius 1 is 0.912 bits per heavy atom. The minimum absolute atomic E-state index is 0.00816. The first-order chi connectivity index (χ1) is 16.2. The van der Waals surface area contributed by atoms with Crippen LogP contribution in [0.5, 0.6) is 0 Å². The molecule has 2 aromatic heterocycles. The molecule has 2 heterocycles. The van der Waals surface area contributed by atoms with Crippen molar-refractivity contribution in [3.05, 3.63) is 93.0 Å². The largest absolute Gasteiger partial charge is 0.416 e. The Morgan fingerprint density at radius 3 is 2.50 bits per heavy atom. The molecule has 5 aromatic rings. The van der Waals surface area contributed by atoms with Gasteiger partial charge in [-0.2, -0.15) is 13.2 Å². The third kappa shape index (κ3) is 4.11. The molecule has 0 amide bonds. The van der Waals surface area contributed by atoms with E-state index in [1.165, 1.54) is 30.6 Å². The van der Waals surface area contributed by atoms with Crippen molar-refractivity contribution in [1.82, 2.24) is 19.5 Å². The number of halogens is 5. The average molecular weight is 519 g/mol. The fraction of sp³-hybridized carbons (Fsp3) is 0.0435. The zero-order valence-corrected chi connectivity index (χ0v) is 19.2. The summed E-state index contributed by atoms with van der Waals surface area (Å²) in [5.41, 5.74) is -0.677. The van der Waals surface area contributed by atoms with E-state index in [1.54, 1.807) is 12.1 Å². The van der Waals surface area contributed by atoms with Crippen molar-refractivity contribution in [2.24, 2.45) is 0 Å². The highest BCUT2D eigenvalue weighted by molar-refractivity contribution is 7.99. The summed E-state index contributed by atoms with van der Waals surface area (Å²) in [6.45, 7) is 0. The Balaban J connectivity index is 1.81. The molecule has 11 heteroatoms. The molecule has 0 spiro atoms. The van der Waals surface area contributed by atoms with Crippen LogP contribution >= 0.6 is 35.0 Å². The Bertz CT molecular complexity index is 1630. The summed E-state index contributed by atoms with van der Waals surface area (Å²) in [5, 5.41) is 1.68. The molecular formula is C23H11Cl2F3N4OS. The fourth-order valence-electron chi connectivity index (χ4n) is 3.46. The summed E-state index contributed by atoms with van der Waals surface area (Å²) >= 11 is 13.4. The van der Waals surface area contributed by atoms with E-state index in [2.05, 4.69) is 15.0 Å². The van der Waals surface area contributed by atoms with Crippen LogP contribution in [0.1, 0.15) is 5.56 Å². The molecule has 0 fully saturated rings. The van der Waals surface area contributed by atoms with Crippen molar-refractivity contribution in [3.63, 3.8) is 0 Å². The topological polar surface area (TPSA) is 60.7 Å². The van der Waals surface area contributed by atoms with Gasteiger partial charge in [0.05, 0.1) is 32.7 Å². The van der Waals surface area contributed by atoms with Crippen LogP contribution in [-0.2, 0) is 6.18 Å². The maximum Gasteiger partial charge on any atom is 0.416 e. The van der Waals surface area contributed by atoms with Crippen LogP contribution in [0, 0.1) is 0 Å². The van der Waals surface area contributed by atoms with Crippen molar-refractivity contribution < 1.29 is 13.2 Å². The third-order valence-corrected chi connectivity index (χ3v) is 6.47. The molecule has 0 atom stereocenters. The molecule has 0 unspecified atom stereocenters. The van der Waals surface area contributed by atoms with E-state index in [4.69, 9.17) is 23.2 Å². The van der Waals surface area contributed by atoms with Gasteiger partial charge in [0, 0.05) is 10.4 Å². The van der Waals surface area contributed by atoms with E-state index in [9.17, 15) is 18.0 Å². The minimum atomic E-state index is -4.59. The Hall–Kier alpha value is -3.14. The van der Waals surface area contributed by atoms with Gasteiger partial charge in [-0.05, 0) is 48.2 Å². The van der Waals surface area contributed by atoms with Gasteiger partial charge in [-0.15, -0.1) is 0 Å². The van der Waals surface area contributed by atoms with E-state index in [1.807, 2.05) is 12.1 Å². The molecule has 5 rings (SSSR count). The molecule has 0 aliphatic carbocycles. The molecule has 0 bridgehead atoms. The second kappa shape index (κ2) is 8.57. The van der Waals surface area contributed by atoms with E-state index < -0.39 is 17.3 Å². The maximum absolute atomic E-state index is 13.5. The summed E-state index contributed by atoms with van der Waals surface area (Å²) in [7, 11) is 0. The van der Waals surface area contributed by atoms with Crippen LogP contribution in [0.3, 0.4) is 0 Å². The predicted octanol–water partition coefficient (Wildman–Crippen LogP) is 6.81. The van der Waals surface area contributed by atoms with Gasteiger partial charge in [-0.1, -0.05) is 47.5 Å². The van der Waals surface area contributed by atoms with Crippen molar-refractivity contribution >= 4 is 56.8 Å². The van der Waals surface area contributed by atoms with Crippen molar-refractivity contribution in [2.45, 2.75) is 16.4 Å². The molecule has 5 nitrogen and oxygen atoms in total. The number of hydrogen-bond donors (Lipinski definition) is 0. The third-order valence-electron chi connectivity index (χ3n) is 4.99. The molecule has 170 valence electrons. The monoisotopic (exact) mass is 518 g/mol. The van der Waals surface area contributed by atoms with Crippen LogP contribution in [0.4, 0.5) is 13.2 Å². The van der Waals surface area contributed by atoms with Gasteiger partial charge in [0.2, 0.25) is 0 Å². The van der Waals surface area contributed by atoms with Crippen LogP contribution in [0.2, 0.25) is 10.0 Å². The van der Waals surface area contributed by atoms with Gasteiger partial charge in [0.15, 0.2) is 5.16 Å². The van der Waals surface area contributed by atoms with Gasteiger partial charge < -0.3 is 0 Å². The summed E-state index contributed by atoms with van der Waals surface area (Å²) in [6, 6.07) is 14.5. The van der Waals surface area contributed by atoms with E-state index in [-0.39, 0.29) is 31.8 Å². The number of hydrogen-bond acceptors (Lipinski definition) is 5. The van der Waals surface area contributed by atoms with Crippen LogP contribution in [0.15, 0.2) is 82.0 Å². The van der Waals surface area contributed by atoms with Crippen molar-refractivity contribution in [3.8, 4) is 5.69 Å². The second-order valence-electron chi connectivity index (χ2n) is 7.16. The summed E-state index contributed by atoms with van der Waals surface area (Å²) in [4.78, 5) is 26.6. The maximum atomic E-state index is 13.5. The number of alkyl halides is 3. The van der Waals surface area contributed by atoms with Crippen LogP contribution in [0.25, 0.3) is 27.5 Å². The van der Waals surface area contributed by atoms with Gasteiger partial charge in [0.1, 0.15) is 11.4 Å². The lowest BCUT2D eigenvalue weighted by Crippen LogP contribution is -2.22. The zero-order valence-electron chi connectivity index (χ0n) is 16.8. The lowest BCUT2D eigenvalue weighted by atomic mass is 10.2. The van der Waals surface area contributed by atoms with Gasteiger partial charge in [-0.3, -0.25) is 9.36 Å². The number of rotatable bonds is 3. The zero-order chi connectivity index (χ0) is 24.0. The number of fused-ring (bicyclic) bond motifs is 2. The molecular weight excluding hydrogens is 508 g/mol. The minimum Gasteiger partial charge on any atom is -0.268 e. The number of benzene rings is 3. The van der Waals surface area contributed by atoms with Gasteiger partial charge >= 0.3 is 6.18 Å². The molecule has 0 N–H and O–H groups in total. The fourth-order valence-corrected chi connectivity index (χ4v) is 4.97. The molecule has 0 aliphatic rings. The molecule has 0 radical (unpaired) electrons. The molecule has 0 saturated carbocycles. The van der Waals surface area contributed by atoms with E-state index in [0.29, 0.717) is 15.9 Å². The standard InChI is InChI=1S/C23H11Cl2F3N4OS/c24-13-9-16-19(17(25)10-13)31-22(34-20-15-6-1-2-7-18(15)29-11-30-20)32(21(16)33)14-5-3-4-12(8-14)23(26,27)28/h1-11H. The average Bonchev–Trinajstić information content (AvgIpc) is 2.80. The highest BCUT2D eigenvalue weighted by Crippen LogP contribution is 2.35. The Kier molecular flexibility index (Phi) is 5.71. The van der Waals surface area contributed by atoms with E-state index >= 15 is 0 Å². The van der Waals surface area contributed by atoms with Crippen molar-refractivity contribution in [1.29, 1.82) is 0 Å². The smallest absolute Gasteiger partial charge is 0.268 e. The molecule has 3 aromatic carbocycles. The van der Waals surface area contributed by atoms with Crippen LogP contribution < -0.4 is 5.56 Å². The SMILES string of the molecule is O=c1c2cc(Cl)cc(Cl)c2nc(Sc2ncnc3ccccc23)n1-c1cccc(C(F)(F)F)c1. The lowest BCUT2D eigenvalue weighted by molar-refractivity contribution is -0.137. The van der Waals surface area contributed by atoms with Gasteiger partial charge in [0.25, 0.3) is 5.56 Å². The lowest BCUT2D eigenvalue weighted by Gasteiger charge is -2.15. The summed E-state index contributed by atoms with van der Waals surface area (Å²) < 4.78 is 41.3. The molecule has 34 heavy (non-hydrogen) atoms. The highest BCUT2D eigenvalue weighted by atomic mass is 35.5. The Labute approximate surface area is 204 Å². The Morgan fingerprint density at radius 2 is 1.71 bits per heavy atom. The van der Waals surface area contributed by atoms with Crippen molar-refractivity contribution in [2.75, 3.05) is 0 Å². The summed E-state index contributed by atoms with van der Waals surface area (Å²) in [5.74, 6) is 0. The predicted molar refractivity (Wildman–Crippen MR) is 126 cm³/mol. The highest BCUT2D eigenvalue weighted by Gasteiger charge is 2.31. The summed E-state index contributed by atoms with van der Waals surface area (Å²) in [6.07, 6.45) is -3.22. The number of aromatic nitrogens is 4. The molecule has 0 saturated heterocycles. The first-order valence-electron chi connectivity index (χ1n) is 9.69. The number of para-hydroxylation sites is 1. The quantitative estimate of drug-likeness (QED) is 0.194. The second-order valence-corrected chi connectivity index (χ2v) is 8.96. The van der Waals surface area contributed by atoms with E-state index in [0.717, 1.165) is 28.5 Å². The number of nitrogens with zero attached hydrogens (tertiary/aromatic N) is 4. The van der Waals surface area contributed by atoms with Gasteiger partial charge in [-0.25, -0.2) is 15.0 Å². The molecule has 0 aliphatic heterocycles. The van der Waals surface area contributed by atoms with Crippen LogP contribution in [-0.4, -0.2) is 19.5 Å². The first kappa shape index (κ1) is 22.6. The first-order valence-corrected chi connectivity index (χ1v) is 11.3.